The predicted octanol–water partition coefficient (Wildman–Crippen LogP) is 1.99. The molecule has 2 nitrogen and oxygen atoms in total. The van der Waals surface area contributed by atoms with E-state index in [1.807, 2.05) is 31.9 Å². The van der Waals surface area contributed by atoms with Crippen LogP contribution < -0.4 is 0 Å². The van der Waals surface area contributed by atoms with Gasteiger partial charge in [0.1, 0.15) is 0 Å². The molecule has 0 saturated heterocycles. The van der Waals surface area contributed by atoms with E-state index in [1.54, 1.807) is 6.92 Å². The zero-order valence-corrected chi connectivity index (χ0v) is 9.91. The summed E-state index contributed by atoms with van der Waals surface area (Å²) in [5.74, 6) is 2.71. The lowest BCUT2D eigenvalue weighted by atomic mass is 9.62. The van der Waals surface area contributed by atoms with E-state index in [-0.39, 0.29) is 11.3 Å². The van der Waals surface area contributed by atoms with Gasteiger partial charge < -0.3 is 10.0 Å². The van der Waals surface area contributed by atoms with Gasteiger partial charge in [-0.15, -0.1) is 6.42 Å². The normalized spacial score (nSPS) is 30.9. The highest BCUT2D eigenvalue weighted by Gasteiger charge is 2.49. The third-order valence-corrected chi connectivity index (χ3v) is 3.50. The van der Waals surface area contributed by atoms with Gasteiger partial charge in [-0.25, -0.2) is 0 Å². The van der Waals surface area contributed by atoms with Crippen LogP contribution >= 0.6 is 0 Å². The number of terminal acetylenes is 1. The summed E-state index contributed by atoms with van der Waals surface area (Å²) in [5, 5.41) is 9.84. The summed E-state index contributed by atoms with van der Waals surface area (Å²) in [6, 6.07) is 0. The molecule has 1 unspecified atom stereocenters. The van der Waals surface area contributed by atoms with E-state index >= 15 is 0 Å². The second-order valence-electron chi connectivity index (χ2n) is 4.45. The Morgan fingerprint density at radius 2 is 2.33 bits per heavy atom. The molecule has 1 aliphatic carbocycles. The van der Waals surface area contributed by atoms with Crippen LogP contribution in [0.25, 0.3) is 0 Å². The minimum atomic E-state index is -0.458. The minimum absolute atomic E-state index is 0.00861. The first-order chi connectivity index (χ1) is 6.85. The van der Waals surface area contributed by atoms with Crippen LogP contribution in [0.15, 0.2) is 24.0 Å². The zero-order valence-electron chi connectivity index (χ0n) is 9.91. The average molecular weight is 205 g/mol. The standard InChI is InChI=1S/C13H19NO/c1-7-11-8-12(14(6)9(2)3)13(11,5)10(4)15/h1,8,10-11,15H,2H2,3-6H3/t10?,11-,13-/m0/s1. The number of aliphatic hydroxyl groups excluding tert-OH is 1. The fourth-order valence-electron chi connectivity index (χ4n) is 1.95. The van der Waals surface area contributed by atoms with Crippen LogP contribution in [0, 0.1) is 23.7 Å². The van der Waals surface area contributed by atoms with Crippen molar-refractivity contribution in [2.45, 2.75) is 26.9 Å². The van der Waals surface area contributed by atoms with Crippen molar-refractivity contribution in [3.63, 3.8) is 0 Å². The Bertz CT molecular complexity index is 348. The van der Waals surface area contributed by atoms with Gasteiger partial charge in [-0.1, -0.05) is 19.4 Å². The van der Waals surface area contributed by atoms with Gasteiger partial charge in [0.05, 0.1) is 17.4 Å². The van der Waals surface area contributed by atoms with Crippen molar-refractivity contribution in [1.29, 1.82) is 0 Å². The fourth-order valence-corrected chi connectivity index (χ4v) is 1.95. The molecule has 2 heteroatoms. The second kappa shape index (κ2) is 3.75. The maximum Gasteiger partial charge on any atom is 0.0635 e. The molecule has 0 amide bonds. The Morgan fingerprint density at radius 3 is 2.67 bits per heavy atom. The zero-order chi connectivity index (χ0) is 11.8. The molecule has 0 fully saturated rings. The van der Waals surface area contributed by atoms with E-state index in [0.717, 1.165) is 11.4 Å². The molecule has 0 spiro atoms. The van der Waals surface area contributed by atoms with E-state index < -0.39 is 6.10 Å². The first-order valence-corrected chi connectivity index (χ1v) is 5.11. The third kappa shape index (κ3) is 1.57. The van der Waals surface area contributed by atoms with Gasteiger partial charge in [-0.3, -0.25) is 0 Å². The van der Waals surface area contributed by atoms with Crippen molar-refractivity contribution >= 4 is 0 Å². The molecule has 1 aliphatic rings. The van der Waals surface area contributed by atoms with E-state index in [1.165, 1.54) is 0 Å². The number of aliphatic hydroxyl groups is 1. The first kappa shape index (κ1) is 11.9. The molecular formula is C13H19NO. The van der Waals surface area contributed by atoms with Crippen LogP contribution in [0.4, 0.5) is 0 Å². The molecule has 0 saturated carbocycles. The lowest BCUT2D eigenvalue weighted by molar-refractivity contribution is 0.0274. The van der Waals surface area contributed by atoms with Crippen LogP contribution in [0.2, 0.25) is 0 Å². The maximum absolute atomic E-state index is 9.84. The van der Waals surface area contributed by atoms with Crippen molar-refractivity contribution in [3.8, 4) is 12.3 Å². The van der Waals surface area contributed by atoms with Gasteiger partial charge >= 0.3 is 0 Å². The molecule has 1 N–H and O–H groups in total. The molecule has 3 atom stereocenters. The van der Waals surface area contributed by atoms with Crippen molar-refractivity contribution in [1.82, 2.24) is 4.90 Å². The molecule has 15 heavy (non-hydrogen) atoms. The Balaban J connectivity index is 3.04. The average Bonchev–Trinajstić information content (AvgIpc) is 2.14. The van der Waals surface area contributed by atoms with Crippen molar-refractivity contribution in [2.24, 2.45) is 11.3 Å². The summed E-state index contributed by atoms with van der Waals surface area (Å²) < 4.78 is 0. The van der Waals surface area contributed by atoms with E-state index in [4.69, 9.17) is 6.42 Å². The number of hydrogen-bond acceptors (Lipinski definition) is 2. The molecular weight excluding hydrogens is 186 g/mol. The Kier molecular flexibility index (Phi) is 2.97. The SMILES string of the molecule is C#C[C@H]1C=C(N(C)C(=C)C)[C@@]1(C)C(C)O. The quantitative estimate of drug-likeness (QED) is 0.712. The van der Waals surface area contributed by atoms with E-state index in [9.17, 15) is 5.11 Å². The van der Waals surface area contributed by atoms with Gasteiger partial charge in [0.2, 0.25) is 0 Å². The summed E-state index contributed by atoms with van der Waals surface area (Å²) >= 11 is 0. The van der Waals surface area contributed by atoms with Gasteiger partial charge in [0.25, 0.3) is 0 Å². The molecule has 0 aromatic rings. The van der Waals surface area contributed by atoms with Crippen molar-refractivity contribution in [3.05, 3.63) is 24.0 Å². The van der Waals surface area contributed by atoms with Gasteiger partial charge in [0.15, 0.2) is 0 Å². The summed E-state index contributed by atoms with van der Waals surface area (Å²) in [6.45, 7) is 9.60. The summed E-state index contributed by atoms with van der Waals surface area (Å²) in [5.41, 5.74) is 1.67. The summed E-state index contributed by atoms with van der Waals surface area (Å²) in [6.07, 6.45) is 7.00. The number of rotatable bonds is 3. The van der Waals surface area contributed by atoms with Crippen LogP contribution in [0.5, 0.6) is 0 Å². The Morgan fingerprint density at radius 1 is 1.80 bits per heavy atom. The van der Waals surface area contributed by atoms with Crippen LogP contribution in [0.3, 0.4) is 0 Å². The molecule has 0 heterocycles. The fraction of sp³-hybridized carbons (Fsp3) is 0.538. The largest absolute Gasteiger partial charge is 0.392 e. The molecule has 82 valence electrons. The molecule has 1 rings (SSSR count). The van der Waals surface area contributed by atoms with Gasteiger partial charge in [0, 0.05) is 18.4 Å². The highest BCUT2D eigenvalue weighted by Crippen LogP contribution is 2.49. The molecule has 0 aromatic carbocycles. The second-order valence-corrected chi connectivity index (χ2v) is 4.45. The van der Waals surface area contributed by atoms with E-state index in [2.05, 4.69) is 12.5 Å². The predicted molar refractivity (Wildman–Crippen MR) is 62.8 cm³/mol. The monoisotopic (exact) mass is 205 g/mol. The number of hydrogen-bond donors (Lipinski definition) is 1. The summed E-state index contributed by atoms with van der Waals surface area (Å²) in [4.78, 5) is 1.99. The van der Waals surface area contributed by atoms with Crippen molar-refractivity contribution < 1.29 is 5.11 Å². The minimum Gasteiger partial charge on any atom is -0.392 e. The highest BCUT2D eigenvalue weighted by atomic mass is 16.3. The number of nitrogens with zero attached hydrogens (tertiary/aromatic N) is 1. The number of allylic oxidation sites excluding steroid dienone is 2. The Hall–Kier alpha value is -1.20. The maximum atomic E-state index is 9.84. The van der Waals surface area contributed by atoms with Crippen LogP contribution in [-0.2, 0) is 0 Å². The van der Waals surface area contributed by atoms with Gasteiger partial charge in [-0.05, 0) is 19.9 Å². The lowest BCUT2D eigenvalue weighted by Crippen LogP contribution is -2.49. The topological polar surface area (TPSA) is 23.5 Å². The Labute approximate surface area is 92.3 Å². The van der Waals surface area contributed by atoms with Crippen molar-refractivity contribution in [2.75, 3.05) is 7.05 Å². The lowest BCUT2D eigenvalue weighted by Gasteiger charge is -2.49. The summed E-state index contributed by atoms with van der Waals surface area (Å²) in [7, 11) is 1.95. The molecule has 0 bridgehead atoms. The third-order valence-electron chi connectivity index (χ3n) is 3.50. The highest BCUT2D eigenvalue weighted by molar-refractivity contribution is 5.37. The van der Waals surface area contributed by atoms with E-state index in [0.29, 0.717) is 0 Å². The molecule has 0 radical (unpaired) electrons. The molecule has 0 aromatic heterocycles. The first-order valence-electron chi connectivity index (χ1n) is 5.11. The van der Waals surface area contributed by atoms with Crippen LogP contribution in [0.1, 0.15) is 20.8 Å². The van der Waals surface area contributed by atoms with Gasteiger partial charge in [-0.2, -0.15) is 0 Å². The molecule has 0 aliphatic heterocycles. The van der Waals surface area contributed by atoms with Crippen LogP contribution in [-0.4, -0.2) is 23.2 Å². The smallest absolute Gasteiger partial charge is 0.0635 e.